The molecule has 2 rings (SSSR count). The van der Waals surface area contributed by atoms with Crippen molar-refractivity contribution >= 4 is 17.8 Å². The second-order valence-corrected chi connectivity index (χ2v) is 3.55. The number of nitrogens with zero attached hydrogens (tertiary/aromatic N) is 3. The summed E-state index contributed by atoms with van der Waals surface area (Å²) in [4.78, 5) is 11.6. The van der Waals surface area contributed by atoms with Crippen LogP contribution in [0.2, 0.25) is 0 Å². The standard InChI is InChI=1S/C8H15N7/c9-6-13-7(10)15-8(14-6)12-4-5-2-1-3-11-5/h5,11H,1-4H2,(H5,9,10,12,13,14,15). The first-order valence-corrected chi connectivity index (χ1v) is 4.98. The molecule has 0 aromatic carbocycles. The lowest BCUT2D eigenvalue weighted by Gasteiger charge is -2.11. The molecule has 1 fully saturated rings. The minimum Gasteiger partial charge on any atom is -0.368 e. The Labute approximate surface area is 87.7 Å². The highest BCUT2D eigenvalue weighted by atomic mass is 15.2. The van der Waals surface area contributed by atoms with Gasteiger partial charge in [0, 0.05) is 12.6 Å². The van der Waals surface area contributed by atoms with Crippen LogP contribution in [0.25, 0.3) is 0 Å². The Bertz CT molecular complexity index is 314. The lowest BCUT2D eigenvalue weighted by Crippen LogP contribution is -2.30. The Hall–Kier alpha value is -1.63. The first-order valence-electron chi connectivity index (χ1n) is 4.98. The number of nitrogens with one attached hydrogen (secondary N) is 2. The molecule has 7 nitrogen and oxygen atoms in total. The fraction of sp³-hybridized carbons (Fsp3) is 0.625. The van der Waals surface area contributed by atoms with Gasteiger partial charge in [0.15, 0.2) is 0 Å². The molecule has 1 aromatic rings. The maximum atomic E-state index is 5.45. The van der Waals surface area contributed by atoms with Gasteiger partial charge in [-0.3, -0.25) is 0 Å². The van der Waals surface area contributed by atoms with E-state index >= 15 is 0 Å². The normalized spacial score (nSPS) is 20.4. The van der Waals surface area contributed by atoms with Gasteiger partial charge in [-0.25, -0.2) is 0 Å². The van der Waals surface area contributed by atoms with Gasteiger partial charge in [-0.2, -0.15) is 15.0 Å². The van der Waals surface area contributed by atoms with Gasteiger partial charge in [0.25, 0.3) is 0 Å². The quantitative estimate of drug-likeness (QED) is 0.515. The third-order valence-electron chi connectivity index (χ3n) is 2.34. The highest BCUT2D eigenvalue weighted by molar-refractivity contribution is 5.37. The van der Waals surface area contributed by atoms with E-state index in [1.807, 2.05) is 0 Å². The van der Waals surface area contributed by atoms with E-state index in [9.17, 15) is 0 Å². The zero-order chi connectivity index (χ0) is 10.7. The van der Waals surface area contributed by atoms with Crippen LogP contribution in [0.5, 0.6) is 0 Å². The molecule has 1 aromatic heterocycles. The largest absolute Gasteiger partial charge is 0.368 e. The Morgan fingerprint density at radius 1 is 1.27 bits per heavy atom. The van der Waals surface area contributed by atoms with Gasteiger partial charge in [0.1, 0.15) is 0 Å². The van der Waals surface area contributed by atoms with Crippen molar-refractivity contribution in [1.29, 1.82) is 0 Å². The van der Waals surface area contributed by atoms with Gasteiger partial charge >= 0.3 is 0 Å². The zero-order valence-electron chi connectivity index (χ0n) is 8.40. The number of aromatic nitrogens is 3. The second-order valence-electron chi connectivity index (χ2n) is 3.55. The van der Waals surface area contributed by atoms with Gasteiger partial charge in [-0.15, -0.1) is 0 Å². The third kappa shape index (κ3) is 2.66. The molecule has 1 aliphatic heterocycles. The van der Waals surface area contributed by atoms with E-state index in [1.165, 1.54) is 12.8 Å². The van der Waals surface area contributed by atoms with E-state index in [0.29, 0.717) is 12.0 Å². The topological polar surface area (TPSA) is 115 Å². The van der Waals surface area contributed by atoms with Gasteiger partial charge in [-0.1, -0.05) is 0 Å². The van der Waals surface area contributed by atoms with Crippen molar-refractivity contribution in [2.45, 2.75) is 18.9 Å². The van der Waals surface area contributed by atoms with Crippen LogP contribution in [-0.2, 0) is 0 Å². The molecule has 0 radical (unpaired) electrons. The molecule has 1 aliphatic rings. The van der Waals surface area contributed by atoms with Crippen molar-refractivity contribution < 1.29 is 0 Å². The highest BCUT2D eigenvalue weighted by Crippen LogP contribution is 2.07. The van der Waals surface area contributed by atoms with Crippen LogP contribution in [0.15, 0.2) is 0 Å². The highest BCUT2D eigenvalue weighted by Gasteiger charge is 2.13. The molecule has 15 heavy (non-hydrogen) atoms. The van der Waals surface area contributed by atoms with Gasteiger partial charge in [0.2, 0.25) is 17.8 Å². The Morgan fingerprint density at radius 2 is 2.00 bits per heavy atom. The SMILES string of the molecule is Nc1nc(N)nc(NCC2CCCN2)n1. The minimum atomic E-state index is 0.143. The lowest BCUT2D eigenvalue weighted by atomic mass is 10.2. The summed E-state index contributed by atoms with van der Waals surface area (Å²) in [6, 6.07) is 0.476. The molecular formula is C8H15N7. The number of hydrogen-bond donors (Lipinski definition) is 4. The molecule has 0 aliphatic carbocycles. The van der Waals surface area contributed by atoms with E-state index in [0.717, 1.165) is 13.1 Å². The molecule has 0 spiro atoms. The fourth-order valence-electron chi connectivity index (χ4n) is 1.63. The third-order valence-corrected chi connectivity index (χ3v) is 2.34. The summed E-state index contributed by atoms with van der Waals surface area (Å²) in [7, 11) is 0. The van der Waals surface area contributed by atoms with Gasteiger partial charge in [0.05, 0.1) is 0 Å². The van der Waals surface area contributed by atoms with Crippen molar-refractivity contribution in [1.82, 2.24) is 20.3 Å². The molecule has 0 saturated carbocycles. The summed E-state index contributed by atoms with van der Waals surface area (Å²) >= 11 is 0. The molecule has 82 valence electrons. The van der Waals surface area contributed by atoms with Crippen molar-refractivity contribution in [2.75, 3.05) is 29.9 Å². The van der Waals surface area contributed by atoms with Crippen LogP contribution in [0, 0.1) is 0 Å². The maximum absolute atomic E-state index is 5.45. The molecule has 1 unspecified atom stereocenters. The average Bonchev–Trinajstić information content (AvgIpc) is 2.65. The molecular weight excluding hydrogens is 194 g/mol. The summed E-state index contributed by atoms with van der Waals surface area (Å²) in [5, 5.41) is 6.44. The van der Waals surface area contributed by atoms with Crippen LogP contribution in [-0.4, -0.2) is 34.1 Å². The van der Waals surface area contributed by atoms with Crippen molar-refractivity contribution in [2.24, 2.45) is 0 Å². The summed E-state index contributed by atoms with van der Waals surface area (Å²) in [5.74, 6) is 0.725. The predicted molar refractivity (Wildman–Crippen MR) is 58.2 cm³/mol. The van der Waals surface area contributed by atoms with Crippen LogP contribution in [0.4, 0.5) is 17.8 Å². The summed E-state index contributed by atoms with van der Waals surface area (Å²) < 4.78 is 0. The molecule has 1 atom stereocenters. The minimum absolute atomic E-state index is 0.143. The van der Waals surface area contributed by atoms with Crippen molar-refractivity contribution in [3.63, 3.8) is 0 Å². The van der Waals surface area contributed by atoms with Crippen molar-refractivity contribution in [3.8, 4) is 0 Å². The van der Waals surface area contributed by atoms with E-state index < -0.39 is 0 Å². The number of nitrogens with two attached hydrogens (primary N) is 2. The average molecular weight is 209 g/mol. The number of rotatable bonds is 3. The number of nitrogen functional groups attached to an aromatic ring is 2. The van der Waals surface area contributed by atoms with Crippen LogP contribution >= 0.6 is 0 Å². The number of hydrogen-bond acceptors (Lipinski definition) is 7. The Balaban J connectivity index is 1.92. The van der Waals surface area contributed by atoms with Crippen molar-refractivity contribution in [3.05, 3.63) is 0 Å². The molecule has 1 saturated heterocycles. The zero-order valence-corrected chi connectivity index (χ0v) is 8.40. The van der Waals surface area contributed by atoms with Crippen LogP contribution in [0.3, 0.4) is 0 Å². The maximum Gasteiger partial charge on any atom is 0.229 e. The molecule has 0 amide bonds. The van der Waals surface area contributed by atoms with E-state index in [2.05, 4.69) is 25.6 Å². The van der Waals surface area contributed by atoms with Crippen LogP contribution < -0.4 is 22.1 Å². The predicted octanol–water partition coefficient (Wildman–Crippen LogP) is -0.800. The Kier molecular flexibility index (Phi) is 2.82. The first-order chi connectivity index (χ1) is 7.24. The van der Waals surface area contributed by atoms with E-state index in [-0.39, 0.29) is 11.9 Å². The van der Waals surface area contributed by atoms with E-state index in [1.54, 1.807) is 0 Å². The van der Waals surface area contributed by atoms with E-state index in [4.69, 9.17) is 11.5 Å². The van der Waals surface area contributed by atoms with Crippen LogP contribution in [0.1, 0.15) is 12.8 Å². The molecule has 6 N–H and O–H groups in total. The molecule has 2 heterocycles. The fourth-order valence-corrected chi connectivity index (χ4v) is 1.63. The van der Waals surface area contributed by atoms with Gasteiger partial charge in [-0.05, 0) is 19.4 Å². The second kappa shape index (κ2) is 4.26. The monoisotopic (exact) mass is 209 g/mol. The Morgan fingerprint density at radius 3 is 2.60 bits per heavy atom. The smallest absolute Gasteiger partial charge is 0.229 e. The molecule has 0 bridgehead atoms. The summed E-state index contributed by atoms with van der Waals surface area (Å²) in [5.41, 5.74) is 10.9. The van der Waals surface area contributed by atoms with Gasteiger partial charge < -0.3 is 22.1 Å². The number of anilines is 3. The summed E-state index contributed by atoms with van der Waals surface area (Å²) in [6.07, 6.45) is 2.39. The molecule has 7 heteroatoms. The summed E-state index contributed by atoms with van der Waals surface area (Å²) in [6.45, 7) is 1.86. The first kappa shape index (κ1) is 9.91. The lowest BCUT2D eigenvalue weighted by molar-refractivity contribution is 0.631.